The predicted octanol–water partition coefficient (Wildman–Crippen LogP) is 4.91. The Kier molecular flexibility index (Phi) is 6.14. The molecule has 2 aromatic heterocycles. The molecule has 0 unspecified atom stereocenters. The van der Waals surface area contributed by atoms with E-state index in [1.54, 1.807) is 4.68 Å². The molecule has 1 N–H and O–H groups in total. The summed E-state index contributed by atoms with van der Waals surface area (Å²) in [5, 5.41) is 12.6. The minimum atomic E-state index is -0.732. The number of para-hydroxylation sites is 1. The van der Waals surface area contributed by atoms with Crippen molar-refractivity contribution in [2.75, 3.05) is 5.32 Å². The van der Waals surface area contributed by atoms with Crippen LogP contribution in [0.1, 0.15) is 56.1 Å². The highest BCUT2D eigenvalue weighted by Crippen LogP contribution is 2.22. The Balaban J connectivity index is 1.73. The number of aromatic nitrogens is 4. The lowest BCUT2D eigenvalue weighted by molar-refractivity contribution is -0.119. The second kappa shape index (κ2) is 9.02. The molecule has 7 nitrogen and oxygen atoms in total. The van der Waals surface area contributed by atoms with Gasteiger partial charge in [-0.25, -0.2) is 9.36 Å². The number of amides is 1. The van der Waals surface area contributed by atoms with E-state index in [2.05, 4.69) is 29.4 Å². The van der Waals surface area contributed by atoms with Crippen LogP contribution < -0.4 is 10.9 Å². The average Bonchev–Trinajstić information content (AvgIpc) is 3.16. The van der Waals surface area contributed by atoms with Crippen molar-refractivity contribution in [3.63, 3.8) is 0 Å². The van der Waals surface area contributed by atoms with Crippen LogP contribution in [0.2, 0.25) is 0 Å². The number of nitrogens with one attached hydrogen (secondary N) is 1. The van der Waals surface area contributed by atoms with Gasteiger partial charge in [-0.3, -0.25) is 9.59 Å². The molecule has 7 heteroatoms. The third-order valence-electron chi connectivity index (χ3n) is 5.97. The number of rotatable bonds is 6. The highest BCUT2D eigenvalue weighted by Gasteiger charge is 2.25. The molecule has 0 aliphatic rings. The Morgan fingerprint density at radius 2 is 1.67 bits per heavy atom. The summed E-state index contributed by atoms with van der Waals surface area (Å²) in [6.07, 6.45) is 0.430. The molecule has 0 radical (unpaired) electrons. The van der Waals surface area contributed by atoms with E-state index < -0.39 is 6.04 Å². The lowest BCUT2D eigenvalue weighted by Crippen LogP contribution is -2.35. The molecule has 0 aliphatic heterocycles. The molecular weight excluding hydrogens is 414 g/mol. The van der Waals surface area contributed by atoms with Crippen LogP contribution in [-0.4, -0.2) is 25.5 Å². The molecule has 2 heterocycles. The zero-order chi connectivity index (χ0) is 23.7. The molecule has 1 amide bonds. The molecule has 0 saturated heterocycles. The van der Waals surface area contributed by atoms with Crippen molar-refractivity contribution >= 4 is 22.5 Å². The lowest BCUT2D eigenvalue weighted by Gasteiger charge is -2.18. The van der Waals surface area contributed by atoms with Gasteiger partial charge in [0.15, 0.2) is 0 Å². The number of carbonyl (C=O) groups is 1. The molecule has 0 fully saturated rings. The van der Waals surface area contributed by atoms with Gasteiger partial charge in [-0.1, -0.05) is 51.1 Å². The van der Waals surface area contributed by atoms with Crippen LogP contribution in [0.3, 0.4) is 0 Å². The Morgan fingerprint density at radius 3 is 2.27 bits per heavy atom. The van der Waals surface area contributed by atoms with Crippen LogP contribution in [-0.2, 0) is 4.79 Å². The third-order valence-corrected chi connectivity index (χ3v) is 5.97. The fourth-order valence-electron chi connectivity index (χ4n) is 4.06. The van der Waals surface area contributed by atoms with E-state index in [1.165, 1.54) is 10.2 Å². The van der Waals surface area contributed by atoms with Crippen molar-refractivity contribution in [3.8, 4) is 5.69 Å². The number of hydrogen-bond acceptors (Lipinski definition) is 4. The molecule has 33 heavy (non-hydrogen) atoms. The topological polar surface area (TPSA) is 81.8 Å². The van der Waals surface area contributed by atoms with Gasteiger partial charge in [0.1, 0.15) is 11.6 Å². The summed E-state index contributed by atoms with van der Waals surface area (Å²) in [6.45, 7) is 9.80. The van der Waals surface area contributed by atoms with E-state index >= 15 is 0 Å². The van der Waals surface area contributed by atoms with Crippen LogP contribution in [0.4, 0.5) is 5.69 Å². The van der Waals surface area contributed by atoms with Crippen molar-refractivity contribution in [2.24, 2.45) is 0 Å². The van der Waals surface area contributed by atoms with Gasteiger partial charge in [-0.05, 0) is 56.0 Å². The van der Waals surface area contributed by atoms with Gasteiger partial charge in [-0.15, -0.1) is 0 Å². The summed E-state index contributed by atoms with van der Waals surface area (Å²) >= 11 is 0. The number of fused-ring (bicyclic) bond motifs is 1. The van der Waals surface area contributed by atoms with E-state index in [9.17, 15) is 9.59 Å². The van der Waals surface area contributed by atoms with E-state index in [0.29, 0.717) is 34.6 Å². The number of carbonyl (C=O) groups excluding carboxylic acids is 1. The fraction of sp³-hybridized carbons (Fsp3) is 0.308. The first-order valence-electron chi connectivity index (χ1n) is 11.3. The Labute approximate surface area is 193 Å². The van der Waals surface area contributed by atoms with Gasteiger partial charge in [0.2, 0.25) is 5.91 Å². The van der Waals surface area contributed by atoms with Crippen LogP contribution in [0.25, 0.3) is 16.6 Å². The second-order valence-corrected chi connectivity index (χ2v) is 8.58. The highest BCUT2D eigenvalue weighted by atomic mass is 16.2. The van der Waals surface area contributed by atoms with Crippen LogP contribution in [0.15, 0.2) is 59.4 Å². The van der Waals surface area contributed by atoms with Crippen LogP contribution in [0.5, 0.6) is 0 Å². The highest BCUT2D eigenvalue weighted by molar-refractivity contribution is 5.94. The first kappa shape index (κ1) is 22.5. The van der Waals surface area contributed by atoms with E-state index in [0.717, 1.165) is 11.4 Å². The standard InChI is InChI=1S/C26H29N5O2/c1-6-22(25(32)27-20-14-12-19(13-15-20)16(2)3)31-26(33)23-18(5)30(21-10-8-7-9-11-21)29-24(23)17(4)28-31/h7-16,22H,6H2,1-5H3,(H,27,32)/t22-/m1/s1. The molecule has 0 aliphatic carbocycles. The molecule has 0 saturated carbocycles. The average molecular weight is 444 g/mol. The first-order chi connectivity index (χ1) is 15.8. The summed E-state index contributed by atoms with van der Waals surface area (Å²) < 4.78 is 3.06. The Morgan fingerprint density at radius 1 is 1.00 bits per heavy atom. The lowest BCUT2D eigenvalue weighted by atomic mass is 10.0. The van der Waals surface area contributed by atoms with E-state index in [4.69, 9.17) is 0 Å². The van der Waals surface area contributed by atoms with Crippen molar-refractivity contribution in [2.45, 2.75) is 53.0 Å². The van der Waals surface area contributed by atoms with Crippen molar-refractivity contribution in [1.82, 2.24) is 19.6 Å². The maximum absolute atomic E-state index is 13.5. The largest absolute Gasteiger partial charge is 0.324 e. The molecule has 2 aromatic carbocycles. The Hall–Kier alpha value is -3.74. The van der Waals surface area contributed by atoms with Crippen molar-refractivity contribution in [3.05, 3.63) is 81.9 Å². The summed E-state index contributed by atoms with van der Waals surface area (Å²) in [4.78, 5) is 26.6. The third kappa shape index (κ3) is 4.18. The maximum atomic E-state index is 13.5. The van der Waals surface area contributed by atoms with Gasteiger partial charge in [0.05, 0.1) is 22.5 Å². The molecule has 170 valence electrons. The van der Waals surface area contributed by atoms with Crippen molar-refractivity contribution in [1.29, 1.82) is 0 Å². The van der Waals surface area contributed by atoms with E-state index in [1.807, 2.05) is 75.4 Å². The van der Waals surface area contributed by atoms with E-state index in [-0.39, 0.29) is 11.5 Å². The summed E-state index contributed by atoms with van der Waals surface area (Å²) in [5.41, 5.74) is 4.33. The van der Waals surface area contributed by atoms with Gasteiger partial charge in [0.25, 0.3) is 5.56 Å². The van der Waals surface area contributed by atoms with Crippen LogP contribution in [0, 0.1) is 13.8 Å². The van der Waals surface area contributed by atoms with Gasteiger partial charge in [0, 0.05) is 5.69 Å². The van der Waals surface area contributed by atoms with Gasteiger partial charge < -0.3 is 5.32 Å². The van der Waals surface area contributed by atoms with Gasteiger partial charge >= 0.3 is 0 Å². The molecule has 1 atom stereocenters. The normalized spacial score (nSPS) is 12.3. The number of aryl methyl sites for hydroxylation is 2. The minimum absolute atomic E-state index is 0.267. The SMILES string of the molecule is CC[C@H](C(=O)Nc1ccc(C(C)C)cc1)n1nc(C)c2nn(-c3ccccc3)c(C)c2c1=O. The summed E-state index contributed by atoms with van der Waals surface area (Å²) in [5.74, 6) is 0.145. The number of hydrogen-bond donors (Lipinski definition) is 1. The number of anilines is 1. The zero-order valence-corrected chi connectivity index (χ0v) is 19.7. The Bertz CT molecular complexity index is 1350. The molecule has 0 spiro atoms. The van der Waals surface area contributed by atoms with Gasteiger partial charge in [-0.2, -0.15) is 10.2 Å². The zero-order valence-electron chi connectivity index (χ0n) is 19.7. The monoisotopic (exact) mass is 443 g/mol. The molecule has 0 bridgehead atoms. The van der Waals surface area contributed by atoms with Crippen LogP contribution >= 0.6 is 0 Å². The fourth-order valence-corrected chi connectivity index (χ4v) is 4.06. The minimum Gasteiger partial charge on any atom is -0.324 e. The predicted molar refractivity (Wildman–Crippen MR) is 131 cm³/mol. The first-order valence-corrected chi connectivity index (χ1v) is 11.3. The quantitative estimate of drug-likeness (QED) is 0.459. The molecular formula is C26H29N5O2. The molecule has 4 rings (SSSR count). The van der Waals surface area contributed by atoms with Crippen molar-refractivity contribution < 1.29 is 4.79 Å². The molecule has 4 aromatic rings. The second-order valence-electron chi connectivity index (χ2n) is 8.58. The summed E-state index contributed by atoms with van der Waals surface area (Å²) in [7, 11) is 0. The smallest absolute Gasteiger partial charge is 0.278 e. The number of benzene rings is 2. The maximum Gasteiger partial charge on any atom is 0.278 e. The number of nitrogens with zero attached hydrogens (tertiary/aromatic N) is 4. The summed E-state index contributed by atoms with van der Waals surface area (Å²) in [6, 6.07) is 16.7.